The SMILES string of the molecule is CC(O)C(NC(=O)C(C)(C)c1ccccc1)C(=O)O. The third-order valence-electron chi connectivity index (χ3n) is 3.10. The quantitative estimate of drug-likeness (QED) is 0.738. The van der Waals surface area contributed by atoms with Crippen LogP contribution in [0.3, 0.4) is 0 Å². The average Bonchev–Trinajstić information content (AvgIpc) is 2.35. The number of amides is 1. The van der Waals surface area contributed by atoms with Crippen molar-refractivity contribution in [2.75, 3.05) is 0 Å². The molecule has 0 saturated carbocycles. The minimum Gasteiger partial charge on any atom is -0.480 e. The molecule has 1 rings (SSSR count). The first-order valence-corrected chi connectivity index (χ1v) is 6.04. The molecule has 0 fully saturated rings. The molecule has 0 aliphatic rings. The number of carbonyl (C=O) groups excluding carboxylic acids is 1. The number of hydrogen-bond acceptors (Lipinski definition) is 3. The first-order valence-electron chi connectivity index (χ1n) is 6.04. The Morgan fingerprint density at radius 3 is 2.16 bits per heavy atom. The molecule has 0 bridgehead atoms. The number of carboxylic acid groups (broad SMARTS) is 1. The molecule has 3 N–H and O–H groups in total. The number of carbonyl (C=O) groups is 2. The zero-order valence-electron chi connectivity index (χ0n) is 11.3. The van der Waals surface area contributed by atoms with Gasteiger partial charge in [-0.3, -0.25) is 4.79 Å². The molecule has 104 valence electrons. The molecular weight excluding hydrogens is 246 g/mol. The lowest BCUT2D eigenvalue weighted by Crippen LogP contribution is -2.52. The number of carboxylic acids is 1. The number of hydrogen-bond donors (Lipinski definition) is 3. The molecule has 1 aromatic carbocycles. The molecule has 2 atom stereocenters. The van der Waals surface area contributed by atoms with Crippen LogP contribution in [0.15, 0.2) is 30.3 Å². The first kappa shape index (κ1) is 15.2. The topological polar surface area (TPSA) is 86.6 Å². The number of aliphatic hydroxyl groups is 1. The van der Waals surface area contributed by atoms with Gasteiger partial charge in [-0.05, 0) is 26.3 Å². The van der Waals surface area contributed by atoms with Gasteiger partial charge in [0.05, 0.1) is 11.5 Å². The number of aliphatic hydroxyl groups excluding tert-OH is 1. The van der Waals surface area contributed by atoms with E-state index in [2.05, 4.69) is 5.32 Å². The molecule has 5 nitrogen and oxygen atoms in total. The summed E-state index contributed by atoms with van der Waals surface area (Å²) in [5.41, 5.74) is -0.0913. The van der Waals surface area contributed by atoms with Gasteiger partial charge >= 0.3 is 5.97 Å². The predicted octanol–water partition coefficient (Wildman–Crippen LogP) is 0.914. The molecule has 5 heteroatoms. The lowest BCUT2D eigenvalue weighted by Gasteiger charge is -2.27. The Labute approximate surface area is 112 Å². The van der Waals surface area contributed by atoms with Crippen LogP contribution >= 0.6 is 0 Å². The largest absolute Gasteiger partial charge is 0.480 e. The van der Waals surface area contributed by atoms with E-state index < -0.39 is 29.4 Å². The highest BCUT2D eigenvalue weighted by atomic mass is 16.4. The second kappa shape index (κ2) is 5.84. The standard InChI is InChI=1S/C14H19NO4/c1-9(16)11(12(17)18)15-13(19)14(2,3)10-7-5-4-6-8-10/h4-9,11,16H,1-3H3,(H,15,19)(H,17,18). The molecule has 0 aromatic heterocycles. The smallest absolute Gasteiger partial charge is 0.328 e. The van der Waals surface area contributed by atoms with Gasteiger partial charge in [0.15, 0.2) is 6.04 Å². The van der Waals surface area contributed by atoms with Crippen LogP contribution in [0.25, 0.3) is 0 Å². The highest BCUT2D eigenvalue weighted by Crippen LogP contribution is 2.23. The maximum atomic E-state index is 12.2. The third-order valence-corrected chi connectivity index (χ3v) is 3.10. The van der Waals surface area contributed by atoms with Crippen LogP contribution in [0.1, 0.15) is 26.3 Å². The van der Waals surface area contributed by atoms with Crippen molar-refractivity contribution in [3.63, 3.8) is 0 Å². The minimum atomic E-state index is -1.31. The Morgan fingerprint density at radius 2 is 1.74 bits per heavy atom. The summed E-state index contributed by atoms with van der Waals surface area (Å²) in [6, 6.07) is 7.76. The lowest BCUT2D eigenvalue weighted by molar-refractivity contribution is -0.145. The van der Waals surface area contributed by atoms with Gasteiger partial charge in [-0.2, -0.15) is 0 Å². The minimum absolute atomic E-state index is 0.438. The molecule has 2 unspecified atom stereocenters. The van der Waals surface area contributed by atoms with E-state index in [9.17, 15) is 14.7 Å². The van der Waals surface area contributed by atoms with Crippen molar-refractivity contribution >= 4 is 11.9 Å². The van der Waals surface area contributed by atoms with Crippen LogP contribution in [0.5, 0.6) is 0 Å². The second-order valence-electron chi connectivity index (χ2n) is 5.02. The highest BCUT2D eigenvalue weighted by molar-refractivity contribution is 5.91. The van der Waals surface area contributed by atoms with Gasteiger partial charge in [0.2, 0.25) is 5.91 Å². The van der Waals surface area contributed by atoms with E-state index in [0.717, 1.165) is 5.56 Å². The molecule has 0 aliphatic carbocycles. The normalized spacial score (nSPS) is 14.5. The van der Waals surface area contributed by atoms with Crippen LogP contribution in [-0.2, 0) is 15.0 Å². The Balaban J connectivity index is 2.91. The molecule has 0 radical (unpaired) electrons. The van der Waals surface area contributed by atoms with E-state index in [1.807, 2.05) is 18.2 Å². The van der Waals surface area contributed by atoms with Gasteiger partial charge in [-0.1, -0.05) is 30.3 Å². The van der Waals surface area contributed by atoms with Gasteiger partial charge in [0.25, 0.3) is 0 Å². The average molecular weight is 265 g/mol. The maximum absolute atomic E-state index is 12.2. The van der Waals surface area contributed by atoms with Crippen LogP contribution in [0.2, 0.25) is 0 Å². The summed E-state index contributed by atoms with van der Waals surface area (Å²) in [6.07, 6.45) is -1.16. The maximum Gasteiger partial charge on any atom is 0.328 e. The van der Waals surface area contributed by atoms with Gasteiger partial charge in [0, 0.05) is 0 Å². The number of rotatable bonds is 5. The van der Waals surface area contributed by atoms with E-state index in [0.29, 0.717) is 0 Å². The predicted molar refractivity (Wildman–Crippen MR) is 70.7 cm³/mol. The summed E-state index contributed by atoms with van der Waals surface area (Å²) < 4.78 is 0. The van der Waals surface area contributed by atoms with Gasteiger partial charge in [-0.25, -0.2) is 4.79 Å². The Hall–Kier alpha value is -1.88. The lowest BCUT2D eigenvalue weighted by atomic mass is 9.83. The van der Waals surface area contributed by atoms with Gasteiger partial charge in [-0.15, -0.1) is 0 Å². The molecule has 19 heavy (non-hydrogen) atoms. The third kappa shape index (κ3) is 3.54. The fraction of sp³-hybridized carbons (Fsp3) is 0.429. The number of aliphatic carboxylic acids is 1. The van der Waals surface area contributed by atoms with E-state index >= 15 is 0 Å². The van der Waals surface area contributed by atoms with Crippen molar-refractivity contribution in [1.82, 2.24) is 5.32 Å². The van der Waals surface area contributed by atoms with Crippen molar-refractivity contribution in [3.8, 4) is 0 Å². The van der Waals surface area contributed by atoms with Crippen molar-refractivity contribution in [2.45, 2.75) is 38.3 Å². The van der Waals surface area contributed by atoms with Crippen LogP contribution in [-0.4, -0.2) is 34.2 Å². The zero-order valence-corrected chi connectivity index (χ0v) is 11.3. The van der Waals surface area contributed by atoms with Gasteiger partial charge in [0.1, 0.15) is 0 Å². The van der Waals surface area contributed by atoms with Crippen molar-refractivity contribution < 1.29 is 19.8 Å². The summed E-state index contributed by atoms with van der Waals surface area (Å²) in [5.74, 6) is -1.70. The molecule has 0 aliphatic heterocycles. The second-order valence-corrected chi connectivity index (χ2v) is 5.02. The van der Waals surface area contributed by atoms with Crippen LogP contribution in [0, 0.1) is 0 Å². The molecular formula is C14H19NO4. The fourth-order valence-electron chi connectivity index (χ4n) is 1.70. The summed E-state index contributed by atoms with van der Waals surface area (Å²) in [7, 11) is 0. The Kier molecular flexibility index (Phi) is 4.67. The van der Waals surface area contributed by atoms with E-state index in [4.69, 9.17) is 5.11 Å². The Morgan fingerprint density at radius 1 is 1.21 bits per heavy atom. The summed E-state index contributed by atoms with van der Waals surface area (Å²) >= 11 is 0. The number of benzene rings is 1. The van der Waals surface area contributed by atoms with Crippen LogP contribution in [0.4, 0.5) is 0 Å². The number of nitrogens with one attached hydrogen (secondary N) is 1. The molecule has 1 amide bonds. The van der Waals surface area contributed by atoms with E-state index in [1.165, 1.54) is 6.92 Å². The summed E-state index contributed by atoms with van der Waals surface area (Å²) in [5, 5.41) is 20.7. The van der Waals surface area contributed by atoms with E-state index in [1.54, 1.807) is 26.0 Å². The molecule has 0 spiro atoms. The molecule has 1 aromatic rings. The van der Waals surface area contributed by atoms with Crippen molar-refractivity contribution in [1.29, 1.82) is 0 Å². The van der Waals surface area contributed by atoms with Crippen molar-refractivity contribution in [2.24, 2.45) is 0 Å². The van der Waals surface area contributed by atoms with Gasteiger partial charge < -0.3 is 15.5 Å². The fourth-order valence-corrected chi connectivity index (χ4v) is 1.70. The molecule has 0 saturated heterocycles. The highest BCUT2D eigenvalue weighted by Gasteiger charge is 2.34. The summed E-state index contributed by atoms with van der Waals surface area (Å²) in [6.45, 7) is 4.74. The Bertz CT molecular complexity index is 454. The first-order chi connectivity index (χ1) is 8.76. The molecule has 0 heterocycles. The zero-order chi connectivity index (χ0) is 14.6. The van der Waals surface area contributed by atoms with Crippen LogP contribution < -0.4 is 5.32 Å². The van der Waals surface area contributed by atoms with E-state index in [-0.39, 0.29) is 0 Å². The summed E-state index contributed by atoms with van der Waals surface area (Å²) in [4.78, 5) is 23.2. The van der Waals surface area contributed by atoms with Crippen molar-refractivity contribution in [3.05, 3.63) is 35.9 Å². The monoisotopic (exact) mass is 265 g/mol.